The first-order valence-electron chi connectivity index (χ1n) is 12.6. The molecule has 0 spiro atoms. The summed E-state index contributed by atoms with van der Waals surface area (Å²) in [6.45, 7) is 8.25. The molecule has 0 atom stereocenters. The average Bonchev–Trinajstić information content (AvgIpc) is 2.89. The van der Waals surface area contributed by atoms with Gasteiger partial charge >= 0.3 is 0 Å². The monoisotopic (exact) mass is 468 g/mol. The number of carbonyl (C=O) groups is 1. The number of hydrogen-bond donors (Lipinski definition) is 0. The van der Waals surface area contributed by atoms with E-state index in [2.05, 4.69) is 11.8 Å². The number of methoxy groups -OCH3 is 1. The number of rotatable bonds is 14. The minimum Gasteiger partial charge on any atom is -0.493 e. The van der Waals surface area contributed by atoms with Crippen LogP contribution < -0.4 is 9.47 Å². The van der Waals surface area contributed by atoms with E-state index in [1.54, 1.807) is 7.11 Å². The Balaban J connectivity index is 1.63. The minimum atomic E-state index is 0.229. The van der Waals surface area contributed by atoms with Crippen LogP contribution in [0.3, 0.4) is 0 Å². The number of benzene rings is 2. The van der Waals surface area contributed by atoms with E-state index >= 15 is 0 Å². The van der Waals surface area contributed by atoms with Gasteiger partial charge in [-0.3, -0.25) is 9.69 Å². The quantitative estimate of drug-likeness (QED) is 0.369. The third kappa shape index (κ3) is 8.65. The number of unbranched alkanes of at least 4 members (excludes halogenated alkanes) is 3. The van der Waals surface area contributed by atoms with E-state index < -0.39 is 0 Å². The van der Waals surface area contributed by atoms with Gasteiger partial charge in [-0.15, -0.1) is 0 Å². The average molecular weight is 469 g/mol. The topological polar surface area (TPSA) is 51.2 Å². The maximum Gasteiger partial charge on any atom is 0.222 e. The van der Waals surface area contributed by atoms with E-state index in [4.69, 9.17) is 14.2 Å². The lowest BCUT2D eigenvalue weighted by molar-refractivity contribution is -0.132. The third-order valence-corrected chi connectivity index (χ3v) is 6.23. The summed E-state index contributed by atoms with van der Waals surface area (Å²) in [6, 6.07) is 16.1. The number of hydrogen-bond acceptors (Lipinski definition) is 5. The number of nitrogens with zero attached hydrogens (tertiary/aromatic N) is 2. The second kappa shape index (κ2) is 14.6. The van der Waals surface area contributed by atoms with Crippen LogP contribution in [0.5, 0.6) is 11.5 Å². The molecule has 3 rings (SSSR count). The van der Waals surface area contributed by atoms with Crippen LogP contribution in [0.4, 0.5) is 0 Å². The first-order valence-corrected chi connectivity index (χ1v) is 12.6. The fraction of sp³-hybridized carbons (Fsp3) is 0.536. The molecule has 6 nitrogen and oxygen atoms in total. The molecule has 0 bridgehead atoms. The smallest absolute Gasteiger partial charge is 0.222 e. The molecule has 0 N–H and O–H groups in total. The van der Waals surface area contributed by atoms with E-state index in [1.165, 1.54) is 12.8 Å². The number of ether oxygens (including phenoxy) is 3. The van der Waals surface area contributed by atoms with Crippen LogP contribution in [0.2, 0.25) is 0 Å². The van der Waals surface area contributed by atoms with Gasteiger partial charge in [-0.05, 0) is 29.7 Å². The molecule has 2 aromatic carbocycles. The first kappa shape index (κ1) is 26.0. The molecule has 0 radical (unpaired) electrons. The Labute approximate surface area is 204 Å². The highest BCUT2D eigenvalue weighted by atomic mass is 16.5. The van der Waals surface area contributed by atoms with Gasteiger partial charge in [0.05, 0.1) is 20.3 Å². The molecule has 1 heterocycles. The first-order chi connectivity index (χ1) is 16.7. The van der Waals surface area contributed by atoms with Gasteiger partial charge in [0.25, 0.3) is 0 Å². The van der Waals surface area contributed by atoms with Crippen molar-refractivity contribution in [2.75, 3.05) is 46.5 Å². The summed E-state index contributed by atoms with van der Waals surface area (Å²) < 4.78 is 17.1. The molecule has 0 unspecified atom stereocenters. The number of morpholine rings is 1. The molecule has 1 amide bonds. The number of amides is 1. The Bertz CT molecular complexity index is 853. The molecule has 0 saturated carbocycles. The summed E-state index contributed by atoms with van der Waals surface area (Å²) in [7, 11) is 1.66. The van der Waals surface area contributed by atoms with Crippen molar-refractivity contribution in [2.24, 2.45) is 0 Å². The van der Waals surface area contributed by atoms with E-state index in [9.17, 15) is 4.79 Å². The second-order valence-corrected chi connectivity index (χ2v) is 8.84. The fourth-order valence-corrected chi connectivity index (χ4v) is 4.13. The third-order valence-electron chi connectivity index (χ3n) is 6.23. The molecule has 0 aliphatic carbocycles. The summed E-state index contributed by atoms with van der Waals surface area (Å²) >= 11 is 0. The van der Waals surface area contributed by atoms with Gasteiger partial charge in [-0.1, -0.05) is 62.6 Å². The van der Waals surface area contributed by atoms with Crippen molar-refractivity contribution in [1.29, 1.82) is 0 Å². The lowest BCUT2D eigenvalue weighted by Crippen LogP contribution is -2.42. The Kier molecular flexibility index (Phi) is 11.2. The zero-order valence-electron chi connectivity index (χ0n) is 20.8. The molecule has 6 heteroatoms. The lowest BCUT2D eigenvalue weighted by atomic mass is 10.1. The molecule has 1 saturated heterocycles. The van der Waals surface area contributed by atoms with Gasteiger partial charge in [0.15, 0.2) is 11.5 Å². The molecule has 0 aromatic heterocycles. The maximum absolute atomic E-state index is 13.1. The van der Waals surface area contributed by atoms with Crippen LogP contribution in [-0.4, -0.2) is 62.2 Å². The normalized spacial score (nSPS) is 14.1. The van der Waals surface area contributed by atoms with Gasteiger partial charge in [-0.25, -0.2) is 0 Å². The van der Waals surface area contributed by atoms with Crippen LogP contribution >= 0.6 is 0 Å². The zero-order chi connectivity index (χ0) is 24.0. The number of carbonyl (C=O) groups excluding carboxylic acids is 1. The van der Waals surface area contributed by atoms with Gasteiger partial charge in [0.2, 0.25) is 5.91 Å². The highest BCUT2D eigenvalue weighted by Crippen LogP contribution is 2.29. The highest BCUT2D eigenvalue weighted by Gasteiger charge is 2.18. The second-order valence-electron chi connectivity index (χ2n) is 8.84. The van der Waals surface area contributed by atoms with Crippen LogP contribution in [0.1, 0.15) is 50.2 Å². The Morgan fingerprint density at radius 3 is 2.53 bits per heavy atom. The van der Waals surface area contributed by atoms with Gasteiger partial charge < -0.3 is 19.1 Å². The van der Waals surface area contributed by atoms with Crippen LogP contribution in [0.25, 0.3) is 0 Å². The molecule has 1 aliphatic heterocycles. The van der Waals surface area contributed by atoms with E-state index in [-0.39, 0.29) is 5.91 Å². The van der Waals surface area contributed by atoms with Gasteiger partial charge in [-0.2, -0.15) is 0 Å². The SMILES string of the molecule is CCCCCCC(=O)N(CCN1CCOCC1)Cc1ccc(OCc2ccccc2)c(OC)c1. The van der Waals surface area contributed by atoms with Crippen molar-refractivity contribution in [3.63, 3.8) is 0 Å². The maximum atomic E-state index is 13.1. The van der Waals surface area contributed by atoms with Crippen molar-refractivity contribution in [3.8, 4) is 11.5 Å². The van der Waals surface area contributed by atoms with E-state index in [0.717, 1.165) is 63.4 Å². The molecule has 1 fully saturated rings. The molecular formula is C28H40N2O4. The van der Waals surface area contributed by atoms with E-state index in [1.807, 2.05) is 53.4 Å². The Hall–Kier alpha value is -2.57. The van der Waals surface area contributed by atoms with Crippen LogP contribution in [0.15, 0.2) is 48.5 Å². The molecular weight excluding hydrogens is 428 g/mol. The van der Waals surface area contributed by atoms with Crippen molar-refractivity contribution in [2.45, 2.75) is 52.2 Å². The minimum absolute atomic E-state index is 0.229. The van der Waals surface area contributed by atoms with Crippen LogP contribution in [0, 0.1) is 0 Å². The molecule has 1 aliphatic rings. The summed E-state index contributed by atoms with van der Waals surface area (Å²) in [5.41, 5.74) is 2.16. The fourth-order valence-electron chi connectivity index (χ4n) is 4.13. The van der Waals surface area contributed by atoms with Gasteiger partial charge in [0.1, 0.15) is 6.61 Å². The predicted molar refractivity (Wildman–Crippen MR) is 135 cm³/mol. The van der Waals surface area contributed by atoms with Crippen molar-refractivity contribution in [3.05, 3.63) is 59.7 Å². The largest absolute Gasteiger partial charge is 0.493 e. The molecule has 2 aromatic rings. The van der Waals surface area contributed by atoms with E-state index in [0.29, 0.717) is 31.1 Å². The summed E-state index contributed by atoms with van der Waals surface area (Å²) in [6.07, 6.45) is 5.03. The van der Waals surface area contributed by atoms with Gasteiger partial charge in [0, 0.05) is 39.1 Å². The summed E-state index contributed by atoms with van der Waals surface area (Å²) in [5.74, 6) is 1.63. The zero-order valence-corrected chi connectivity index (χ0v) is 20.8. The lowest BCUT2D eigenvalue weighted by Gasteiger charge is -2.30. The Morgan fingerprint density at radius 2 is 1.79 bits per heavy atom. The predicted octanol–water partition coefficient (Wildman–Crippen LogP) is 4.91. The standard InChI is InChI=1S/C28H40N2O4/c1-3-4-5-9-12-28(31)30(16-15-29-17-19-33-20-18-29)22-25-13-14-26(27(21-25)32-2)34-23-24-10-7-6-8-11-24/h6-8,10-11,13-14,21H,3-5,9,12,15-20,22-23H2,1-2H3. The van der Waals surface area contributed by atoms with Crippen molar-refractivity contribution < 1.29 is 19.0 Å². The summed E-state index contributed by atoms with van der Waals surface area (Å²) in [5, 5.41) is 0. The van der Waals surface area contributed by atoms with Crippen molar-refractivity contribution >= 4 is 5.91 Å². The highest BCUT2D eigenvalue weighted by molar-refractivity contribution is 5.76. The molecule has 34 heavy (non-hydrogen) atoms. The molecule has 186 valence electrons. The summed E-state index contributed by atoms with van der Waals surface area (Å²) in [4.78, 5) is 17.5. The van der Waals surface area contributed by atoms with Crippen molar-refractivity contribution in [1.82, 2.24) is 9.80 Å². The Morgan fingerprint density at radius 1 is 1.00 bits per heavy atom. The van der Waals surface area contributed by atoms with Crippen LogP contribution in [-0.2, 0) is 22.7 Å².